The van der Waals surface area contributed by atoms with Crippen molar-refractivity contribution in [3.05, 3.63) is 30.3 Å². The molecule has 0 saturated carbocycles. The molecule has 0 bridgehead atoms. The molecule has 1 aromatic carbocycles. The quantitative estimate of drug-likeness (QED) is 0.585. The number of hydrogen-bond donors (Lipinski definition) is 3. The highest BCUT2D eigenvalue weighted by Crippen LogP contribution is 2.08. The van der Waals surface area contributed by atoms with Gasteiger partial charge in [0.2, 0.25) is 5.91 Å². The smallest absolute Gasteiger partial charge is 0.258 e. The van der Waals surface area contributed by atoms with E-state index in [1.54, 1.807) is 23.9 Å². The monoisotopic (exact) mass is 339 g/mol. The molecular weight excluding hydrogens is 314 g/mol. The van der Waals surface area contributed by atoms with Crippen LogP contribution in [0.5, 0.6) is 5.75 Å². The van der Waals surface area contributed by atoms with Gasteiger partial charge in [0.25, 0.3) is 5.91 Å². The van der Waals surface area contributed by atoms with E-state index in [0.717, 1.165) is 5.75 Å². The summed E-state index contributed by atoms with van der Waals surface area (Å²) in [5, 5.41) is 5.51. The van der Waals surface area contributed by atoms with Gasteiger partial charge in [0.15, 0.2) is 6.61 Å². The van der Waals surface area contributed by atoms with Crippen molar-refractivity contribution in [3.63, 3.8) is 0 Å². The van der Waals surface area contributed by atoms with Crippen LogP contribution in [0.1, 0.15) is 13.3 Å². The van der Waals surface area contributed by atoms with Gasteiger partial charge in [0.1, 0.15) is 11.8 Å². The number of nitrogens with two attached hydrogens (primary N) is 1. The first-order valence-electron chi connectivity index (χ1n) is 7.53. The van der Waals surface area contributed by atoms with Crippen molar-refractivity contribution in [3.8, 4) is 5.75 Å². The number of carbonyl (C=O) groups excluding carboxylic acids is 2. The van der Waals surface area contributed by atoms with E-state index in [1.165, 1.54) is 0 Å². The Morgan fingerprint density at radius 2 is 1.96 bits per heavy atom. The molecule has 6 nitrogen and oxygen atoms in total. The average Bonchev–Trinajstić information content (AvgIpc) is 2.57. The van der Waals surface area contributed by atoms with Gasteiger partial charge in [-0.2, -0.15) is 11.8 Å². The third kappa shape index (κ3) is 7.90. The number of amides is 2. The summed E-state index contributed by atoms with van der Waals surface area (Å²) in [5.74, 6) is 0.847. The summed E-state index contributed by atoms with van der Waals surface area (Å²) in [6.45, 7) is 2.05. The van der Waals surface area contributed by atoms with Crippen LogP contribution in [0.2, 0.25) is 0 Å². The second-order valence-corrected chi connectivity index (χ2v) is 6.13. The van der Waals surface area contributed by atoms with Crippen molar-refractivity contribution in [2.45, 2.75) is 25.4 Å². The Morgan fingerprint density at radius 3 is 2.57 bits per heavy atom. The standard InChI is InChI=1S/C16H25N3O3S/c1-12(10-17)18-16(21)14(8-9-23-2)19-15(20)11-22-13-6-4-3-5-7-13/h3-7,12,14H,8-11,17H2,1-2H3,(H,18,21)(H,19,20)/t12-,14?/m0/s1. The molecule has 0 spiro atoms. The molecule has 1 unspecified atom stereocenters. The zero-order valence-electron chi connectivity index (χ0n) is 13.6. The van der Waals surface area contributed by atoms with E-state index in [9.17, 15) is 9.59 Å². The van der Waals surface area contributed by atoms with E-state index in [0.29, 0.717) is 18.7 Å². The van der Waals surface area contributed by atoms with Crippen LogP contribution in [0, 0.1) is 0 Å². The predicted octanol–water partition coefficient (Wildman–Crippen LogP) is 0.767. The Morgan fingerprint density at radius 1 is 1.26 bits per heavy atom. The molecule has 0 aliphatic rings. The number of carbonyl (C=O) groups is 2. The van der Waals surface area contributed by atoms with E-state index in [2.05, 4.69) is 10.6 Å². The molecule has 0 saturated heterocycles. The van der Waals surface area contributed by atoms with Crippen molar-refractivity contribution in [1.29, 1.82) is 0 Å². The summed E-state index contributed by atoms with van der Waals surface area (Å²) >= 11 is 1.62. The molecule has 0 heterocycles. The van der Waals surface area contributed by atoms with Gasteiger partial charge in [-0.15, -0.1) is 0 Å². The lowest BCUT2D eigenvalue weighted by molar-refractivity contribution is -0.130. The molecule has 2 atom stereocenters. The molecule has 0 aliphatic heterocycles. The number of ether oxygens (including phenoxy) is 1. The summed E-state index contributed by atoms with van der Waals surface area (Å²) < 4.78 is 5.39. The molecule has 1 aromatic rings. The number of rotatable bonds is 10. The van der Waals surface area contributed by atoms with Crippen molar-refractivity contribution >= 4 is 23.6 Å². The molecule has 0 fully saturated rings. The minimum atomic E-state index is -0.580. The largest absolute Gasteiger partial charge is 0.484 e. The molecule has 23 heavy (non-hydrogen) atoms. The molecular formula is C16H25N3O3S. The fraction of sp³-hybridized carbons (Fsp3) is 0.500. The van der Waals surface area contributed by atoms with E-state index >= 15 is 0 Å². The van der Waals surface area contributed by atoms with Crippen LogP contribution >= 0.6 is 11.8 Å². The highest BCUT2D eigenvalue weighted by atomic mass is 32.2. The van der Waals surface area contributed by atoms with Gasteiger partial charge in [0.05, 0.1) is 0 Å². The summed E-state index contributed by atoms with van der Waals surface area (Å²) in [4.78, 5) is 24.2. The normalized spacial score (nSPS) is 13.0. The number of hydrogen-bond acceptors (Lipinski definition) is 5. The van der Waals surface area contributed by atoms with Crippen LogP contribution in [0.4, 0.5) is 0 Å². The first kappa shape index (κ1) is 19.3. The molecule has 0 aromatic heterocycles. The Kier molecular flexibility index (Phi) is 9.16. The van der Waals surface area contributed by atoms with Gasteiger partial charge >= 0.3 is 0 Å². The zero-order valence-corrected chi connectivity index (χ0v) is 14.4. The highest BCUT2D eigenvalue weighted by Gasteiger charge is 2.21. The SMILES string of the molecule is CSCCC(NC(=O)COc1ccccc1)C(=O)N[C@@H](C)CN. The fourth-order valence-electron chi connectivity index (χ4n) is 1.81. The predicted molar refractivity (Wildman–Crippen MR) is 93.5 cm³/mol. The molecule has 7 heteroatoms. The zero-order chi connectivity index (χ0) is 17.1. The number of nitrogens with one attached hydrogen (secondary N) is 2. The van der Waals surface area contributed by atoms with Crippen LogP contribution < -0.4 is 21.1 Å². The van der Waals surface area contributed by atoms with Crippen LogP contribution in [-0.4, -0.2) is 49.1 Å². The summed E-state index contributed by atoms with van der Waals surface area (Å²) in [6.07, 6.45) is 2.51. The first-order chi connectivity index (χ1) is 11.1. The van der Waals surface area contributed by atoms with Crippen LogP contribution in [-0.2, 0) is 9.59 Å². The van der Waals surface area contributed by atoms with Crippen LogP contribution in [0.15, 0.2) is 30.3 Å². The first-order valence-corrected chi connectivity index (χ1v) is 8.92. The minimum absolute atomic E-state index is 0.125. The highest BCUT2D eigenvalue weighted by molar-refractivity contribution is 7.98. The molecule has 0 aliphatic carbocycles. The lowest BCUT2D eigenvalue weighted by Crippen LogP contribution is -2.51. The number of thioether (sulfide) groups is 1. The third-order valence-electron chi connectivity index (χ3n) is 3.12. The topological polar surface area (TPSA) is 93.4 Å². The molecule has 1 rings (SSSR count). The maximum atomic E-state index is 12.2. The van der Waals surface area contributed by atoms with E-state index in [4.69, 9.17) is 10.5 Å². The van der Waals surface area contributed by atoms with Gasteiger partial charge in [-0.1, -0.05) is 18.2 Å². The van der Waals surface area contributed by atoms with Gasteiger partial charge < -0.3 is 21.1 Å². The van der Waals surface area contributed by atoms with Gasteiger partial charge in [-0.25, -0.2) is 0 Å². The molecule has 4 N–H and O–H groups in total. The molecule has 2 amide bonds. The second-order valence-electron chi connectivity index (χ2n) is 5.15. The summed E-state index contributed by atoms with van der Waals surface area (Å²) in [6, 6.07) is 8.36. The lowest BCUT2D eigenvalue weighted by atomic mass is 10.2. The van der Waals surface area contributed by atoms with Crippen molar-refractivity contribution in [1.82, 2.24) is 10.6 Å². The fourth-order valence-corrected chi connectivity index (χ4v) is 2.28. The van der Waals surface area contributed by atoms with Gasteiger partial charge in [-0.3, -0.25) is 9.59 Å². The maximum Gasteiger partial charge on any atom is 0.258 e. The lowest BCUT2D eigenvalue weighted by Gasteiger charge is -2.20. The Labute approximate surface area is 141 Å². The third-order valence-corrected chi connectivity index (χ3v) is 3.76. The Hall–Kier alpha value is -1.73. The maximum absolute atomic E-state index is 12.2. The van der Waals surface area contributed by atoms with E-state index in [-0.39, 0.29) is 24.5 Å². The average molecular weight is 339 g/mol. The van der Waals surface area contributed by atoms with Crippen molar-refractivity contribution < 1.29 is 14.3 Å². The van der Waals surface area contributed by atoms with Crippen LogP contribution in [0.3, 0.4) is 0 Å². The van der Waals surface area contributed by atoms with Crippen molar-refractivity contribution in [2.75, 3.05) is 25.2 Å². The van der Waals surface area contributed by atoms with E-state index < -0.39 is 6.04 Å². The summed E-state index contributed by atoms with van der Waals surface area (Å²) in [7, 11) is 0. The Bertz CT molecular complexity index is 485. The number of para-hydroxylation sites is 1. The minimum Gasteiger partial charge on any atom is -0.484 e. The van der Waals surface area contributed by atoms with Crippen molar-refractivity contribution in [2.24, 2.45) is 5.73 Å². The van der Waals surface area contributed by atoms with E-state index in [1.807, 2.05) is 31.4 Å². The molecule has 128 valence electrons. The summed E-state index contributed by atoms with van der Waals surface area (Å²) in [5.41, 5.74) is 5.51. The van der Waals surface area contributed by atoms with Gasteiger partial charge in [0, 0.05) is 12.6 Å². The number of benzene rings is 1. The second kappa shape index (κ2) is 10.9. The molecule has 0 radical (unpaired) electrons. The Balaban J connectivity index is 2.50. The van der Waals surface area contributed by atoms with Gasteiger partial charge in [-0.05, 0) is 37.5 Å². The van der Waals surface area contributed by atoms with Crippen LogP contribution in [0.25, 0.3) is 0 Å².